The van der Waals surface area contributed by atoms with Gasteiger partial charge in [0.15, 0.2) is 0 Å². The number of esters is 1. The van der Waals surface area contributed by atoms with Gasteiger partial charge in [-0.3, -0.25) is 10.1 Å². The van der Waals surface area contributed by atoms with Crippen LogP contribution in [0.15, 0.2) is 29.2 Å². The van der Waals surface area contributed by atoms with Gasteiger partial charge in [0.05, 0.1) is 13.7 Å². The van der Waals surface area contributed by atoms with Gasteiger partial charge in [-0.05, 0) is 38.8 Å². The van der Waals surface area contributed by atoms with E-state index in [0.717, 1.165) is 23.5 Å². The topological polar surface area (TPSA) is 47.6 Å². The highest BCUT2D eigenvalue weighted by atomic mass is 32.2. The molecule has 1 aromatic carbocycles. The third kappa shape index (κ3) is 4.38. The fourth-order valence-electron chi connectivity index (χ4n) is 2.09. The molecule has 1 aromatic rings. The van der Waals surface area contributed by atoms with Gasteiger partial charge in [0.1, 0.15) is 11.3 Å². The standard InChI is InChI=1S/C16H23NO3S/c1-4-20-15(18)16(2,17-12-9-10-12)11-21-14-8-6-5-7-13(14)19-3/h5-8,12,17H,4,9-11H2,1-3H3. The van der Waals surface area contributed by atoms with Crippen molar-refractivity contribution < 1.29 is 14.3 Å². The summed E-state index contributed by atoms with van der Waals surface area (Å²) < 4.78 is 10.6. The van der Waals surface area contributed by atoms with Gasteiger partial charge in [0, 0.05) is 16.7 Å². The SMILES string of the molecule is CCOC(=O)C(C)(CSc1ccccc1OC)NC1CC1. The van der Waals surface area contributed by atoms with E-state index in [1.54, 1.807) is 18.9 Å². The van der Waals surface area contributed by atoms with E-state index in [1.807, 2.05) is 38.1 Å². The predicted octanol–water partition coefficient (Wildman–Crippen LogP) is 2.86. The van der Waals surface area contributed by atoms with Crippen LogP contribution in [0.25, 0.3) is 0 Å². The maximum absolute atomic E-state index is 12.3. The smallest absolute Gasteiger partial charge is 0.326 e. The van der Waals surface area contributed by atoms with E-state index in [9.17, 15) is 4.79 Å². The minimum absolute atomic E-state index is 0.181. The largest absolute Gasteiger partial charge is 0.496 e. The van der Waals surface area contributed by atoms with E-state index >= 15 is 0 Å². The Labute approximate surface area is 130 Å². The minimum Gasteiger partial charge on any atom is -0.496 e. The second-order valence-corrected chi connectivity index (χ2v) is 6.43. The third-order valence-electron chi connectivity index (χ3n) is 3.41. The maximum atomic E-state index is 12.3. The zero-order chi connectivity index (χ0) is 15.3. The van der Waals surface area contributed by atoms with E-state index in [4.69, 9.17) is 9.47 Å². The number of carbonyl (C=O) groups excluding carboxylic acids is 1. The number of rotatable bonds is 8. The molecule has 116 valence electrons. The summed E-state index contributed by atoms with van der Waals surface area (Å²) in [6.45, 7) is 4.16. The molecule has 0 radical (unpaired) electrons. The van der Waals surface area contributed by atoms with Crippen molar-refractivity contribution in [2.45, 2.75) is 43.2 Å². The Morgan fingerprint density at radius 3 is 2.76 bits per heavy atom. The zero-order valence-electron chi connectivity index (χ0n) is 12.8. The summed E-state index contributed by atoms with van der Waals surface area (Å²) in [5.74, 6) is 1.27. The Morgan fingerprint density at radius 1 is 1.43 bits per heavy atom. The Hall–Kier alpha value is -1.20. The summed E-state index contributed by atoms with van der Waals surface area (Å²) in [6.07, 6.45) is 2.27. The summed E-state index contributed by atoms with van der Waals surface area (Å²) >= 11 is 1.61. The van der Waals surface area contributed by atoms with Crippen LogP contribution < -0.4 is 10.1 Å². The van der Waals surface area contributed by atoms with Crippen molar-refractivity contribution in [1.29, 1.82) is 0 Å². The molecule has 0 heterocycles. The monoisotopic (exact) mass is 309 g/mol. The number of thioether (sulfide) groups is 1. The number of hydrogen-bond acceptors (Lipinski definition) is 5. The Kier molecular flexibility index (Phi) is 5.53. The van der Waals surface area contributed by atoms with Gasteiger partial charge in [-0.2, -0.15) is 0 Å². The van der Waals surface area contributed by atoms with Gasteiger partial charge in [-0.25, -0.2) is 0 Å². The molecule has 0 aromatic heterocycles. The third-order valence-corrected chi connectivity index (χ3v) is 4.78. The molecule has 4 nitrogen and oxygen atoms in total. The molecule has 0 bridgehead atoms. The van der Waals surface area contributed by atoms with Crippen LogP contribution in [0.3, 0.4) is 0 Å². The van der Waals surface area contributed by atoms with Gasteiger partial charge in [-0.15, -0.1) is 11.8 Å². The van der Waals surface area contributed by atoms with E-state index in [2.05, 4.69) is 5.32 Å². The highest BCUT2D eigenvalue weighted by molar-refractivity contribution is 7.99. The molecule has 0 spiro atoms. The number of ether oxygens (including phenoxy) is 2. The van der Waals surface area contributed by atoms with Crippen LogP contribution in [0.1, 0.15) is 26.7 Å². The molecule has 1 aliphatic rings. The van der Waals surface area contributed by atoms with Crippen LogP contribution in [0.2, 0.25) is 0 Å². The lowest BCUT2D eigenvalue weighted by Crippen LogP contribution is -2.53. The quantitative estimate of drug-likeness (QED) is 0.591. The van der Waals surface area contributed by atoms with Crippen molar-refractivity contribution in [3.8, 4) is 5.75 Å². The normalized spacial score (nSPS) is 17.1. The fourth-order valence-corrected chi connectivity index (χ4v) is 3.20. The van der Waals surface area contributed by atoms with Gasteiger partial charge in [-0.1, -0.05) is 12.1 Å². The highest BCUT2D eigenvalue weighted by Gasteiger charge is 2.39. The molecule has 1 atom stereocenters. The number of carbonyl (C=O) groups is 1. The maximum Gasteiger partial charge on any atom is 0.326 e. The molecular formula is C16H23NO3S. The fraction of sp³-hybridized carbons (Fsp3) is 0.562. The van der Waals surface area contributed by atoms with Crippen LogP contribution in [-0.4, -0.2) is 37.0 Å². The molecule has 1 aliphatic carbocycles. The summed E-state index contributed by atoms with van der Waals surface area (Å²) in [6, 6.07) is 8.29. The predicted molar refractivity (Wildman–Crippen MR) is 84.9 cm³/mol. The summed E-state index contributed by atoms with van der Waals surface area (Å²) in [5.41, 5.74) is -0.664. The molecule has 1 fully saturated rings. The van der Waals surface area contributed by atoms with Crippen LogP contribution >= 0.6 is 11.8 Å². The first kappa shape index (κ1) is 16.2. The van der Waals surface area contributed by atoms with Gasteiger partial charge >= 0.3 is 5.97 Å². The molecule has 2 rings (SSSR count). The number of benzene rings is 1. The highest BCUT2D eigenvalue weighted by Crippen LogP contribution is 2.33. The van der Waals surface area contributed by atoms with Crippen molar-refractivity contribution in [2.75, 3.05) is 19.5 Å². The number of para-hydroxylation sites is 1. The zero-order valence-corrected chi connectivity index (χ0v) is 13.7. The number of methoxy groups -OCH3 is 1. The van der Waals surface area contributed by atoms with Crippen LogP contribution in [0.5, 0.6) is 5.75 Å². The molecule has 1 saturated carbocycles. The lowest BCUT2D eigenvalue weighted by molar-refractivity contribution is -0.149. The number of nitrogens with one attached hydrogen (secondary N) is 1. The average Bonchev–Trinajstić information content (AvgIpc) is 3.29. The molecule has 21 heavy (non-hydrogen) atoms. The second kappa shape index (κ2) is 7.18. The van der Waals surface area contributed by atoms with Crippen LogP contribution in [0, 0.1) is 0 Å². The Bertz CT molecular complexity index is 490. The second-order valence-electron chi connectivity index (χ2n) is 5.41. The number of hydrogen-bond donors (Lipinski definition) is 1. The molecule has 1 unspecified atom stereocenters. The van der Waals surface area contributed by atoms with E-state index in [1.165, 1.54) is 0 Å². The summed E-state index contributed by atoms with van der Waals surface area (Å²) in [5, 5.41) is 3.42. The molecule has 5 heteroatoms. The summed E-state index contributed by atoms with van der Waals surface area (Å²) in [7, 11) is 1.66. The van der Waals surface area contributed by atoms with Crippen molar-refractivity contribution >= 4 is 17.7 Å². The van der Waals surface area contributed by atoms with Crippen molar-refractivity contribution in [3.63, 3.8) is 0 Å². The molecule has 0 amide bonds. The first-order chi connectivity index (χ1) is 10.1. The molecular weight excluding hydrogens is 286 g/mol. The average molecular weight is 309 g/mol. The first-order valence-corrected chi connectivity index (χ1v) is 8.28. The van der Waals surface area contributed by atoms with Gasteiger partial charge < -0.3 is 9.47 Å². The minimum atomic E-state index is -0.664. The summed E-state index contributed by atoms with van der Waals surface area (Å²) in [4.78, 5) is 13.3. The van der Waals surface area contributed by atoms with Crippen molar-refractivity contribution in [3.05, 3.63) is 24.3 Å². The van der Waals surface area contributed by atoms with E-state index in [-0.39, 0.29) is 5.97 Å². The van der Waals surface area contributed by atoms with Gasteiger partial charge in [0.25, 0.3) is 0 Å². The van der Waals surface area contributed by atoms with Crippen molar-refractivity contribution in [1.82, 2.24) is 5.32 Å². The molecule has 1 N–H and O–H groups in total. The van der Waals surface area contributed by atoms with E-state index < -0.39 is 5.54 Å². The van der Waals surface area contributed by atoms with Crippen molar-refractivity contribution in [2.24, 2.45) is 0 Å². The van der Waals surface area contributed by atoms with Crippen LogP contribution in [0.4, 0.5) is 0 Å². The molecule has 0 saturated heterocycles. The van der Waals surface area contributed by atoms with E-state index in [0.29, 0.717) is 18.4 Å². The lowest BCUT2D eigenvalue weighted by atomic mass is 10.1. The molecule has 0 aliphatic heterocycles. The Morgan fingerprint density at radius 2 is 2.14 bits per heavy atom. The first-order valence-electron chi connectivity index (χ1n) is 7.30. The van der Waals surface area contributed by atoms with Gasteiger partial charge in [0.2, 0.25) is 0 Å². The Balaban J connectivity index is 2.05. The van der Waals surface area contributed by atoms with Crippen LogP contribution in [-0.2, 0) is 9.53 Å². The lowest BCUT2D eigenvalue weighted by Gasteiger charge is -2.28.